The number of rotatable bonds is 6. The van der Waals surface area contributed by atoms with Gasteiger partial charge in [-0.25, -0.2) is 0 Å². The minimum atomic E-state index is -0.243. The first kappa shape index (κ1) is 20.7. The van der Waals surface area contributed by atoms with Crippen LogP contribution in [-0.4, -0.2) is 55.9 Å². The van der Waals surface area contributed by atoms with E-state index in [9.17, 15) is 4.79 Å². The third kappa shape index (κ3) is 4.77. The Morgan fingerprint density at radius 2 is 1.90 bits per heavy atom. The number of likely N-dealkylation sites (tertiary alicyclic amines) is 1. The van der Waals surface area contributed by atoms with Crippen LogP contribution >= 0.6 is 0 Å². The molecule has 2 aliphatic heterocycles. The van der Waals surface area contributed by atoms with Gasteiger partial charge < -0.3 is 19.5 Å². The number of carbonyl (C=O) groups is 1. The third-order valence-electron chi connectivity index (χ3n) is 5.92. The van der Waals surface area contributed by atoms with Crippen LogP contribution in [0.5, 0.6) is 11.5 Å². The average Bonchev–Trinajstić information content (AvgIpc) is 3.19. The number of ether oxygens (including phenoxy) is 3. The Hall–Kier alpha value is -2.57. The number of benzene rings is 2. The third-order valence-corrected chi connectivity index (χ3v) is 5.92. The maximum atomic E-state index is 13.4. The number of amides is 1. The quantitative estimate of drug-likeness (QED) is 0.788. The summed E-state index contributed by atoms with van der Waals surface area (Å²) in [5, 5.41) is 3.11. The number of hydrogen-bond acceptors (Lipinski definition) is 5. The first-order valence-corrected chi connectivity index (χ1v) is 10.6. The molecule has 2 aromatic rings. The number of carbonyl (C=O) groups excluding carboxylic acids is 1. The molecule has 2 fully saturated rings. The van der Waals surface area contributed by atoms with Crippen LogP contribution in [0.25, 0.3) is 0 Å². The van der Waals surface area contributed by atoms with Crippen molar-refractivity contribution in [1.29, 1.82) is 0 Å². The molecule has 30 heavy (non-hydrogen) atoms. The monoisotopic (exact) mass is 410 g/mol. The fourth-order valence-electron chi connectivity index (χ4n) is 4.41. The van der Waals surface area contributed by atoms with E-state index in [2.05, 4.69) is 10.2 Å². The van der Waals surface area contributed by atoms with Crippen molar-refractivity contribution in [3.05, 3.63) is 54.1 Å². The molecule has 0 aromatic heterocycles. The van der Waals surface area contributed by atoms with E-state index < -0.39 is 0 Å². The highest BCUT2D eigenvalue weighted by atomic mass is 16.5. The number of nitrogens with zero attached hydrogens (tertiary/aromatic N) is 1. The SMILES string of the molecule is COc1ccc(C)cc1NC(=O)[C@@H]1C[C@H](Oc2ccccc2)CN1C1CCOCC1. The van der Waals surface area contributed by atoms with Gasteiger partial charge in [-0.1, -0.05) is 24.3 Å². The summed E-state index contributed by atoms with van der Waals surface area (Å²) in [6.07, 6.45) is 2.52. The summed E-state index contributed by atoms with van der Waals surface area (Å²) >= 11 is 0. The topological polar surface area (TPSA) is 60.0 Å². The van der Waals surface area contributed by atoms with E-state index in [1.54, 1.807) is 7.11 Å². The van der Waals surface area contributed by atoms with Gasteiger partial charge in [-0.05, 0) is 49.6 Å². The zero-order chi connectivity index (χ0) is 20.9. The summed E-state index contributed by atoms with van der Waals surface area (Å²) in [4.78, 5) is 15.7. The van der Waals surface area contributed by atoms with Crippen LogP contribution < -0.4 is 14.8 Å². The second-order valence-corrected chi connectivity index (χ2v) is 8.04. The molecule has 2 aliphatic rings. The fraction of sp³-hybridized carbons (Fsp3) is 0.458. The Labute approximate surface area is 178 Å². The lowest BCUT2D eigenvalue weighted by Crippen LogP contribution is -2.47. The smallest absolute Gasteiger partial charge is 0.241 e. The lowest BCUT2D eigenvalue weighted by molar-refractivity contribution is -0.121. The van der Waals surface area contributed by atoms with E-state index in [1.807, 2.05) is 55.5 Å². The summed E-state index contributed by atoms with van der Waals surface area (Å²) < 4.78 is 17.2. The summed E-state index contributed by atoms with van der Waals surface area (Å²) in [5.74, 6) is 1.50. The van der Waals surface area contributed by atoms with Gasteiger partial charge in [-0.15, -0.1) is 0 Å². The number of para-hydroxylation sites is 1. The first-order valence-electron chi connectivity index (χ1n) is 10.6. The van der Waals surface area contributed by atoms with Crippen molar-refractivity contribution >= 4 is 11.6 Å². The Balaban J connectivity index is 1.51. The largest absolute Gasteiger partial charge is 0.495 e. The predicted octanol–water partition coefficient (Wildman–Crippen LogP) is 3.64. The Bertz CT molecular complexity index is 852. The van der Waals surface area contributed by atoms with Gasteiger partial charge in [0.25, 0.3) is 0 Å². The van der Waals surface area contributed by atoms with Crippen molar-refractivity contribution in [1.82, 2.24) is 4.90 Å². The predicted molar refractivity (Wildman–Crippen MR) is 116 cm³/mol. The minimum Gasteiger partial charge on any atom is -0.495 e. The molecular formula is C24H30N2O4. The van der Waals surface area contributed by atoms with Crippen LogP contribution in [0, 0.1) is 6.92 Å². The van der Waals surface area contributed by atoms with Crippen LogP contribution in [0.3, 0.4) is 0 Å². The van der Waals surface area contributed by atoms with Gasteiger partial charge in [0.1, 0.15) is 17.6 Å². The Morgan fingerprint density at radius 1 is 1.13 bits per heavy atom. The van der Waals surface area contributed by atoms with Gasteiger partial charge in [0.2, 0.25) is 5.91 Å². The summed E-state index contributed by atoms with van der Waals surface area (Å²) in [6.45, 7) is 4.22. The molecule has 0 unspecified atom stereocenters. The molecule has 2 atom stereocenters. The first-order chi connectivity index (χ1) is 14.6. The van der Waals surface area contributed by atoms with E-state index in [0.29, 0.717) is 23.9 Å². The average molecular weight is 411 g/mol. The molecule has 2 saturated heterocycles. The fourth-order valence-corrected chi connectivity index (χ4v) is 4.41. The van der Waals surface area contributed by atoms with E-state index >= 15 is 0 Å². The van der Waals surface area contributed by atoms with Gasteiger partial charge in [0.15, 0.2) is 0 Å². The van der Waals surface area contributed by atoms with Crippen molar-refractivity contribution < 1.29 is 19.0 Å². The van der Waals surface area contributed by atoms with Crippen molar-refractivity contribution in [3.63, 3.8) is 0 Å². The van der Waals surface area contributed by atoms with Crippen molar-refractivity contribution in [2.24, 2.45) is 0 Å². The zero-order valence-corrected chi connectivity index (χ0v) is 17.7. The highest BCUT2D eigenvalue weighted by Gasteiger charge is 2.42. The lowest BCUT2D eigenvalue weighted by Gasteiger charge is -2.34. The van der Waals surface area contributed by atoms with Gasteiger partial charge in [-0.3, -0.25) is 9.69 Å². The Morgan fingerprint density at radius 3 is 2.63 bits per heavy atom. The molecular weight excluding hydrogens is 380 g/mol. The summed E-state index contributed by atoms with van der Waals surface area (Å²) in [7, 11) is 1.62. The van der Waals surface area contributed by atoms with Crippen LogP contribution in [0.4, 0.5) is 5.69 Å². The molecule has 6 nitrogen and oxygen atoms in total. The standard InChI is InChI=1S/C24H30N2O4/c1-17-8-9-23(28-2)21(14-17)25-24(27)22-15-20(30-19-6-4-3-5-7-19)16-26(22)18-10-12-29-13-11-18/h3-9,14,18,20,22H,10-13,15-16H2,1-2H3,(H,25,27)/t20-,22-/m0/s1. The summed E-state index contributed by atoms with van der Waals surface area (Å²) in [5.41, 5.74) is 1.78. The van der Waals surface area contributed by atoms with Gasteiger partial charge >= 0.3 is 0 Å². The minimum absolute atomic E-state index is 0.00967. The molecule has 0 radical (unpaired) electrons. The molecule has 2 heterocycles. The molecule has 4 rings (SSSR count). The highest BCUT2D eigenvalue weighted by Crippen LogP contribution is 2.31. The van der Waals surface area contributed by atoms with E-state index in [4.69, 9.17) is 14.2 Å². The molecule has 160 valence electrons. The number of hydrogen-bond donors (Lipinski definition) is 1. The lowest BCUT2D eigenvalue weighted by atomic mass is 10.1. The highest BCUT2D eigenvalue weighted by molar-refractivity contribution is 5.96. The molecule has 1 N–H and O–H groups in total. The van der Waals surface area contributed by atoms with Crippen LogP contribution in [0.15, 0.2) is 48.5 Å². The molecule has 1 amide bonds. The van der Waals surface area contributed by atoms with Gasteiger partial charge in [0.05, 0.1) is 18.8 Å². The Kier molecular flexibility index (Phi) is 6.55. The molecule has 2 aromatic carbocycles. The molecule has 0 aliphatic carbocycles. The van der Waals surface area contributed by atoms with E-state index in [0.717, 1.165) is 43.9 Å². The van der Waals surface area contributed by atoms with Crippen molar-refractivity contribution in [3.8, 4) is 11.5 Å². The maximum absolute atomic E-state index is 13.4. The van der Waals surface area contributed by atoms with Gasteiger partial charge in [0, 0.05) is 32.2 Å². The van der Waals surface area contributed by atoms with Crippen LogP contribution in [-0.2, 0) is 9.53 Å². The molecule has 6 heteroatoms. The number of anilines is 1. The molecule has 0 bridgehead atoms. The van der Waals surface area contributed by atoms with E-state index in [-0.39, 0.29) is 18.1 Å². The normalized spacial score (nSPS) is 22.6. The van der Waals surface area contributed by atoms with E-state index in [1.165, 1.54) is 0 Å². The number of nitrogens with one attached hydrogen (secondary N) is 1. The van der Waals surface area contributed by atoms with Crippen LogP contribution in [0.2, 0.25) is 0 Å². The van der Waals surface area contributed by atoms with Crippen molar-refractivity contribution in [2.75, 3.05) is 32.2 Å². The second kappa shape index (κ2) is 9.49. The number of methoxy groups -OCH3 is 1. The maximum Gasteiger partial charge on any atom is 0.241 e. The zero-order valence-electron chi connectivity index (χ0n) is 17.7. The number of aryl methyl sites for hydroxylation is 1. The molecule has 0 saturated carbocycles. The molecule has 0 spiro atoms. The second-order valence-electron chi connectivity index (χ2n) is 8.04. The van der Waals surface area contributed by atoms with Crippen LogP contribution in [0.1, 0.15) is 24.8 Å². The summed E-state index contributed by atoms with van der Waals surface area (Å²) in [6, 6.07) is 15.7. The van der Waals surface area contributed by atoms with Gasteiger partial charge in [-0.2, -0.15) is 0 Å². The van der Waals surface area contributed by atoms with Crippen molar-refractivity contribution in [2.45, 2.75) is 44.4 Å².